The van der Waals surface area contributed by atoms with Crippen LogP contribution in [0.5, 0.6) is 5.88 Å². The molecular weight excluding hydrogens is 387 g/mol. The molecule has 2 aliphatic heterocycles. The van der Waals surface area contributed by atoms with E-state index in [0.717, 1.165) is 32.7 Å². The van der Waals surface area contributed by atoms with Crippen LogP contribution in [0.15, 0.2) is 10.6 Å². The minimum absolute atomic E-state index is 0.109. The second-order valence-corrected chi connectivity index (χ2v) is 6.51. The van der Waals surface area contributed by atoms with E-state index in [1.54, 1.807) is 4.90 Å². The third-order valence-corrected chi connectivity index (χ3v) is 4.49. The van der Waals surface area contributed by atoms with Crippen LogP contribution in [-0.4, -0.2) is 91.2 Å². The highest BCUT2D eigenvalue weighted by atomic mass is 19.4. The van der Waals surface area contributed by atoms with Crippen LogP contribution in [0.3, 0.4) is 0 Å². The maximum atomic E-state index is 12.4. The molecule has 1 amide bonds. The lowest BCUT2D eigenvalue weighted by molar-refractivity contribution is -0.192. The summed E-state index contributed by atoms with van der Waals surface area (Å²) in [5, 5.41) is 10.8. The largest absolute Gasteiger partial charge is 0.490 e. The SMILES string of the molecule is COc1cc(C(=O)N2CC[C@@H]3CN(C)CCO[C@@H]3C2)on1.O=C(O)C(F)(F)F. The van der Waals surface area contributed by atoms with E-state index in [1.807, 2.05) is 0 Å². The third kappa shape index (κ3) is 5.83. The van der Waals surface area contributed by atoms with Crippen molar-refractivity contribution in [1.82, 2.24) is 15.0 Å². The Morgan fingerprint density at radius 1 is 1.32 bits per heavy atom. The molecule has 0 unspecified atom stereocenters. The zero-order valence-corrected chi connectivity index (χ0v) is 15.4. The summed E-state index contributed by atoms with van der Waals surface area (Å²) in [5.41, 5.74) is 0. The molecule has 2 saturated heterocycles. The number of aromatic nitrogens is 1. The minimum Gasteiger partial charge on any atom is -0.479 e. The molecule has 158 valence electrons. The van der Waals surface area contributed by atoms with Crippen LogP contribution in [0.25, 0.3) is 0 Å². The molecule has 1 aromatic heterocycles. The molecule has 9 nitrogen and oxygen atoms in total. The average molecular weight is 409 g/mol. The number of carboxylic acids is 1. The van der Waals surface area contributed by atoms with Crippen LogP contribution < -0.4 is 4.74 Å². The molecule has 0 radical (unpaired) electrons. The fraction of sp³-hybridized carbons (Fsp3) is 0.688. The molecule has 2 atom stereocenters. The number of carbonyl (C=O) groups is 2. The Morgan fingerprint density at radius 3 is 2.57 bits per heavy atom. The van der Waals surface area contributed by atoms with Crippen LogP contribution in [-0.2, 0) is 9.53 Å². The fourth-order valence-electron chi connectivity index (χ4n) is 3.01. The van der Waals surface area contributed by atoms with Crippen molar-refractivity contribution in [2.75, 3.05) is 46.9 Å². The van der Waals surface area contributed by atoms with E-state index in [4.69, 9.17) is 23.9 Å². The maximum Gasteiger partial charge on any atom is 0.490 e. The highest BCUT2D eigenvalue weighted by Crippen LogP contribution is 2.25. The highest BCUT2D eigenvalue weighted by molar-refractivity contribution is 5.91. The van der Waals surface area contributed by atoms with Crippen molar-refractivity contribution in [1.29, 1.82) is 0 Å². The van der Waals surface area contributed by atoms with E-state index in [0.29, 0.717) is 18.3 Å². The van der Waals surface area contributed by atoms with Gasteiger partial charge in [0.05, 0.1) is 25.9 Å². The third-order valence-electron chi connectivity index (χ3n) is 4.49. The number of aliphatic carboxylic acids is 1. The molecule has 1 aromatic rings. The quantitative estimate of drug-likeness (QED) is 0.775. The van der Waals surface area contributed by atoms with Gasteiger partial charge in [-0.25, -0.2) is 4.79 Å². The molecule has 0 saturated carbocycles. The predicted molar refractivity (Wildman–Crippen MR) is 88.0 cm³/mol. The van der Waals surface area contributed by atoms with Gasteiger partial charge >= 0.3 is 12.1 Å². The molecular formula is C16H22F3N3O6. The number of carbonyl (C=O) groups excluding carboxylic acids is 1. The number of nitrogens with zero attached hydrogens (tertiary/aromatic N) is 3. The molecule has 0 spiro atoms. The number of piperidine rings is 1. The van der Waals surface area contributed by atoms with Gasteiger partial charge in [-0.05, 0) is 18.6 Å². The number of likely N-dealkylation sites (N-methyl/N-ethyl adjacent to an activating group) is 1. The Labute approximate surface area is 158 Å². The smallest absolute Gasteiger partial charge is 0.479 e. The number of methoxy groups -OCH3 is 1. The van der Waals surface area contributed by atoms with E-state index in [2.05, 4.69) is 17.1 Å². The second kappa shape index (κ2) is 9.24. The molecule has 28 heavy (non-hydrogen) atoms. The van der Waals surface area contributed by atoms with Crippen molar-refractivity contribution in [3.8, 4) is 5.88 Å². The van der Waals surface area contributed by atoms with Gasteiger partial charge in [0.2, 0.25) is 5.76 Å². The van der Waals surface area contributed by atoms with Crippen LogP contribution in [0, 0.1) is 5.92 Å². The molecule has 12 heteroatoms. The summed E-state index contributed by atoms with van der Waals surface area (Å²) in [6.45, 7) is 4.03. The first-order chi connectivity index (χ1) is 13.1. The van der Waals surface area contributed by atoms with Crippen molar-refractivity contribution in [3.63, 3.8) is 0 Å². The first-order valence-corrected chi connectivity index (χ1v) is 8.52. The summed E-state index contributed by atoms with van der Waals surface area (Å²) in [6.07, 6.45) is -4.02. The van der Waals surface area contributed by atoms with Gasteiger partial charge in [-0.3, -0.25) is 4.79 Å². The summed E-state index contributed by atoms with van der Waals surface area (Å²) < 4.78 is 47.6. The molecule has 1 N–H and O–H groups in total. The summed E-state index contributed by atoms with van der Waals surface area (Å²) in [5.74, 6) is -1.87. The van der Waals surface area contributed by atoms with Gasteiger partial charge in [-0.15, -0.1) is 0 Å². The molecule has 2 aliphatic rings. The standard InChI is InChI=1S/C14H21N3O4.C2HF3O2/c1-16-5-6-20-12-9-17(4-3-10(12)8-16)14(18)11-7-13(19-2)15-21-11;3-2(4,5)1(6)7/h7,10,12H,3-6,8-9H2,1-2H3;(H,6,7)/t10-,12-;/m1./s1. The normalized spacial score (nSPS) is 23.1. The van der Waals surface area contributed by atoms with Gasteiger partial charge in [0.15, 0.2) is 0 Å². The Morgan fingerprint density at radius 2 is 2.00 bits per heavy atom. The Hall–Kier alpha value is -2.34. The highest BCUT2D eigenvalue weighted by Gasteiger charge is 2.38. The van der Waals surface area contributed by atoms with E-state index >= 15 is 0 Å². The number of ether oxygens (including phenoxy) is 2. The summed E-state index contributed by atoms with van der Waals surface area (Å²) in [6, 6.07) is 1.52. The minimum atomic E-state index is -5.08. The number of carboxylic acid groups (broad SMARTS) is 1. The van der Waals surface area contributed by atoms with E-state index in [1.165, 1.54) is 13.2 Å². The topological polar surface area (TPSA) is 105 Å². The van der Waals surface area contributed by atoms with Gasteiger partial charge in [-0.2, -0.15) is 13.2 Å². The van der Waals surface area contributed by atoms with E-state index in [-0.39, 0.29) is 17.8 Å². The van der Waals surface area contributed by atoms with Crippen molar-refractivity contribution in [2.24, 2.45) is 5.92 Å². The number of fused-ring (bicyclic) bond motifs is 1. The molecule has 0 aromatic carbocycles. The number of hydrogen-bond acceptors (Lipinski definition) is 7. The molecule has 2 fully saturated rings. The monoisotopic (exact) mass is 409 g/mol. The van der Waals surface area contributed by atoms with Crippen molar-refractivity contribution in [3.05, 3.63) is 11.8 Å². The summed E-state index contributed by atoms with van der Waals surface area (Å²) in [4.78, 5) is 25.4. The van der Waals surface area contributed by atoms with Crippen LogP contribution in [0.1, 0.15) is 17.0 Å². The number of hydrogen-bond donors (Lipinski definition) is 1. The lowest BCUT2D eigenvalue weighted by atomic mass is 9.93. The number of likely N-dealkylation sites (tertiary alicyclic amines) is 1. The number of amides is 1. The summed E-state index contributed by atoms with van der Waals surface area (Å²) in [7, 11) is 3.61. The van der Waals surface area contributed by atoms with E-state index in [9.17, 15) is 18.0 Å². The maximum absolute atomic E-state index is 12.4. The first kappa shape index (κ1) is 22.0. The van der Waals surface area contributed by atoms with Gasteiger partial charge in [0.25, 0.3) is 11.8 Å². The van der Waals surface area contributed by atoms with Gasteiger partial charge in [0.1, 0.15) is 0 Å². The van der Waals surface area contributed by atoms with Crippen LogP contribution in [0.4, 0.5) is 13.2 Å². The van der Waals surface area contributed by atoms with E-state index < -0.39 is 12.1 Å². The van der Waals surface area contributed by atoms with Gasteiger partial charge in [0, 0.05) is 32.1 Å². The lowest BCUT2D eigenvalue weighted by Crippen LogP contribution is -2.48. The van der Waals surface area contributed by atoms with Crippen LogP contribution in [0.2, 0.25) is 0 Å². The van der Waals surface area contributed by atoms with Gasteiger partial charge in [-0.1, -0.05) is 0 Å². The average Bonchev–Trinajstić information content (AvgIpc) is 3.03. The molecule has 0 aliphatic carbocycles. The number of alkyl halides is 3. The Bertz CT molecular complexity index is 681. The predicted octanol–water partition coefficient (Wildman–Crippen LogP) is 1.11. The molecule has 0 bridgehead atoms. The summed E-state index contributed by atoms with van der Waals surface area (Å²) >= 11 is 0. The first-order valence-electron chi connectivity index (χ1n) is 8.52. The Balaban J connectivity index is 0.000000345. The second-order valence-electron chi connectivity index (χ2n) is 6.51. The van der Waals surface area contributed by atoms with Crippen molar-refractivity contribution >= 4 is 11.9 Å². The zero-order valence-electron chi connectivity index (χ0n) is 15.4. The van der Waals surface area contributed by atoms with Crippen molar-refractivity contribution < 1.29 is 41.9 Å². The lowest BCUT2D eigenvalue weighted by Gasteiger charge is -2.37. The molecule has 3 rings (SSSR count). The molecule has 3 heterocycles. The Kier molecular flexibility index (Phi) is 7.24. The zero-order chi connectivity index (χ0) is 20.9. The fourth-order valence-corrected chi connectivity index (χ4v) is 3.01. The number of halogens is 3. The van der Waals surface area contributed by atoms with Crippen molar-refractivity contribution in [2.45, 2.75) is 18.7 Å². The number of rotatable bonds is 2. The van der Waals surface area contributed by atoms with Gasteiger partial charge < -0.3 is 28.9 Å². The van der Waals surface area contributed by atoms with Crippen LogP contribution >= 0.6 is 0 Å².